The molecule has 98 valence electrons. The zero-order chi connectivity index (χ0) is 13.6. The number of hydrogen-bond donors (Lipinski definition) is 1. The van der Waals surface area contributed by atoms with Gasteiger partial charge in [-0.15, -0.1) is 0 Å². The van der Waals surface area contributed by atoms with Crippen molar-refractivity contribution in [2.24, 2.45) is 13.0 Å². The van der Waals surface area contributed by atoms with Gasteiger partial charge in [0.05, 0.1) is 23.3 Å². The Morgan fingerprint density at radius 2 is 2.26 bits per heavy atom. The second kappa shape index (κ2) is 4.08. The Labute approximate surface area is 109 Å². The van der Waals surface area contributed by atoms with E-state index < -0.39 is 11.9 Å². The van der Waals surface area contributed by atoms with Gasteiger partial charge in [-0.1, -0.05) is 6.07 Å². The fourth-order valence-electron chi connectivity index (χ4n) is 2.50. The molecule has 1 N–H and O–H groups in total. The van der Waals surface area contributed by atoms with Crippen molar-refractivity contribution < 1.29 is 14.7 Å². The average molecular weight is 259 g/mol. The van der Waals surface area contributed by atoms with Crippen LogP contribution in [0.5, 0.6) is 0 Å². The lowest BCUT2D eigenvalue weighted by atomic mass is 10.1. The summed E-state index contributed by atoms with van der Waals surface area (Å²) >= 11 is 0. The molecule has 6 nitrogen and oxygen atoms in total. The first-order valence-electron chi connectivity index (χ1n) is 6.02. The molecule has 0 aliphatic carbocycles. The van der Waals surface area contributed by atoms with E-state index in [1.165, 1.54) is 0 Å². The summed E-state index contributed by atoms with van der Waals surface area (Å²) in [6.07, 6.45) is 1.76. The monoisotopic (exact) mass is 259 g/mol. The van der Waals surface area contributed by atoms with Crippen molar-refractivity contribution in [2.45, 2.75) is 6.42 Å². The number of fused-ring (bicyclic) bond motifs is 1. The van der Waals surface area contributed by atoms with Crippen LogP contribution in [0.4, 0.5) is 5.69 Å². The largest absolute Gasteiger partial charge is 0.481 e. The highest BCUT2D eigenvalue weighted by atomic mass is 16.4. The van der Waals surface area contributed by atoms with Crippen LogP contribution in [-0.4, -0.2) is 33.3 Å². The fourth-order valence-corrected chi connectivity index (χ4v) is 2.50. The van der Waals surface area contributed by atoms with Crippen LogP contribution in [-0.2, 0) is 16.6 Å². The minimum atomic E-state index is -0.922. The molecule has 1 amide bonds. The van der Waals surface area contributed by atoms with Crippen LogP contribution in [0.15, 0.2) is 24.4 Å². The third-order valence-corrected chi connectivity index (χ3v) is 3.53. The normalized spacial score (nSPS) is 19.3. The zero-order valence-corrected chi connectivity index (χ0v) is 10.4. The average Bonchev–Trinajstić information content (AvgIpc) is 2.94. The van der Waals surface area contributed by atoms with Gasteiger partial charge in [-0.25, -0.2) is 0 Å². The van der Waals surface area contributed by atoms with E-state index in [4.69, 9.17) is 5.11 Å². The van der Waals surface area contributed by atoms with Gasteiger partial charge in [0.15, 0.2) is 0 Å². The van der Waals surface area contributed by atoms with Crippen molar-refractivity contribution in [2.75, 3.05) is 11.4 Å². The predicted octanol–water partition coefficient (Wildman–Crippen LogP) is 1.01. The molecule has 1 aliphatic heterocycles. The van der Waals surface area contributed by atoms with Crippen LogP contribution in [0.2, 0.25) is 0 Å². The van der Waals surface area contributed by atoms with E-state index in [2.05, 4.69) is 5.10 Å². The Hall–Kier alpha value is -2.37. The van der Waals surface area contributed by atoms with Crippen molar-refractivity contribution >= 4 is 28.5 Å². The topological polar surface area (TPSA) is 75.4 Å². The lowest BCUT2D eigenvalue weighted by Gasteiger charge is -2.17. The smallest absolute Gasteiger partial charge is 0.308 e. The number of amides is 1. The lowest BCUT2D eigenvalue weighted by Crippen LogP contribution is -2.25. The third-order valence-electron chi connectivity index (χ3n) is 3.53. The van der Waals surface area contributed by atoms with Gasteiger partial charge in [0.1, 0.15) is 0 Å². The number of anilines is 1. The minimum Gasteiger partial charge on any atom is -0.481 e. The molecule has 6 heteroatoms. The highest BCUT2D eigenvalue weighted by Crippen LogP contribution is 2.31. The zero-order valence-electron chi connectivity index (χ0n) is 10.4. The van der Waals surface area contributed by atoms with Gasteiger partial charge in [-0.2, -0.15) is 5.10 Å². The molecule has 1 atom stereocenters. The molecule has 2 heterocycles. The van der Waals surface area contributed by atoms with Gasteiger partial charge in [0.2, 0.25) is 5.91 Å². The van der Waals surface area contributed by atoms with Crippen LogP contribution in [0, 0.1) is 5.92 Å². The third kappa shape index (κ3) is 1.76. The molecule has 19 heavy (non-hydrogen) atoms. The number of benzene rings is 1. The summed E-state index contributed by atoms with van der Waals surface area (Å²) in [6.45, 7) is 0.224. The van der Waals surface area contributed by atoms with Gasteiger partial charge in [0, 0.05) is 25.4 Å². The van der Waals surface area contributed by atoms with E-state index in [1.54, 1.807) is 15.8 Å². The first-order valence-corrected chi connectivity index (χ1v) is 6.02. The fraction of sp³-hybridized carbons (Fsp3) is 0.308. The van der Waals surface area contributed by atoms with Crippen LogP contribution in [0.25, 0.3) is 10.9 Å². The second-order valence-electron chi connectivity index (χ2n) is 4.72. The molecule has 1 unspecified atom stereocenters. The number of nitrogens with zero attached hydrogens (tertiary/aromatic N) is 3. The summed E-state index contributed by atoms with van der Waals surface area (Å²) in [5.41, 5.74) is 1.66. The number of aryl methyl sites for hydroxylation is 1. The summed E-state index contributed by atoms with van der Waals surface area (Å²) in [5, 5.41) is 14.1. The van der Waals surface area contributed by atoms with E-state index in [-0.39, 0.29) is 18.9 Å². The van der Waals surface area contributed by atoms with Crippen LogP contribution in [0.1, 0.15) is 6.42 Å². The van der Waals surface area contributed by atoms with Crippen LogP contribution in [0.3, 0.4) is 0 Å². The maximum Gasteiger partial charge on any atom is 0.308 e. The van der Waals surface area contributed by atoms with Gasteiger partial charge in [-0.3, -0.25) is 14.3 Å². The van der Waals surface area contributed by atoms with Crippen molar-refractivity contribution in [1.82, 2.24) is 9.78 Å². The molecule has 0 spiro atoms. The highest BCUT2D eigenvalue weighted by Gasteiger charge is 2.35. The Kier molecular flexibility index (Phi) is 2.51. The number of carboxylic acid groups (broad SMARTS) is 1. The Morgan fingerprint density at radius 1 is 1.47 bits per heavy atom. The molecule has 3 rings (SSSR count). The van der Waals surface area contributed by atoms with E-state index in [0.29, 0.717) is 0 Å². The first-order chi connectivity index (χ1) is 9.08. The second-order valence-corrected chi connectivity index (χ2v) is 4.72. The molecule has 1 saturated heterocycles. The van der Waals surface area contributed by atoms with Gasteiger partial charge < -0.3 is 10.0 Å². The molecule has 1 fully saturated rings. The summed E-state index contributed by atoms with van der Waals surface area (Å²) in [7, 11) is 1.83. The number of aliphatic carboxylic acids is 1. The minimum absolute atomic E-state index is 0.0615. The van der Waals surface area contributed by atoms with Gasteiger partial charge in [-0.05, 0) is 12.1 Å². The van der Waals surface area contributed by atoms with Crippen molar-refractivity contribution in [1.29, 1.82) is 0 Å². The predicted molar refractivity (Wildman–Crippen MR) is 68.8 cm³/mol. The number of aromatic nitrogens is 2. The lowest BCUT2D eigenvalue weighted by molar-refractivity contribution is -0.141. The van der Waals surface area contributed by atoms with E-state index in [0.717, 1.165) is 16.6 Å². The molecule has 0 radical (unpaired) electrons. The van der Waals surface area contributed by atoms with E-state index in [9.17, 15) is 9.59 Å². The Balaban J connectivity index is 2.05. The number of rotatable bonds is 2. The first kappa shape index (κ1) is 11.7. The molecular weight excluding hydrogens is 246 g/mol. The van der Waals surface area contributed by atoms with Crippen molar-refractivity contribution in [3.63, 3.8) is 0 Å². The highest BCUT2D eigenvalue weighted by molar-refractivity contribution is 6.05. The summed E-state index contributed by atoms with van der Waals surface area (Å²) in [5.74, 6) is -1.70. The van der Waals surface area contributed by atoms with Crippen LogP contribution < -0.4 is 4.90 Å². The number of carboxylic acids is 1. The molecular formula is C13H13N3O3. The summed E-state index contributed by atoms with van der Waals surface area (Å²) < 4.78 is 1.73. The summed E-state index contributed by atoms with van der Waals surface area (Å²) in [4.78, 5) is 24.5. The SMILES string of the molecule is Cn1ncc2c(N3CC(C(=O)O)CC3=O)cccc21. The molecule has 1 aromatic carbocycles. The molecule has 2 aromatic rings. The molecule has 0 saturated carbocycles. The Bertz CT molecular complexity index is 677. The molecule has 1 aromatic heterocycles. The van der Waals surface area contributed by atoms with Crippen molar-refractivity contribution in [3.8, 4) is 0 Å². The molecule has 1 aliphatic rings. The quantitative estimate of drug-likeness (QED) is 0.873. The van der Waals surface area contributed by atoms with Crippen LogP contribution >= 0.6 is 0 Å². The van der Waals surface area contributed by atoms with E-state index >= 15 is 0 Å². The van der Waals surface area contributed by atoms with E-state index in [1.807, 2.05) is 25.2 Å². The Morgan fingerprint density at radius 3 is 2.95 bits per heavy atom. The van der Waals surface area contributed by atoms with Crippen molar-refractivity contribution in [3.05, 3.63) is 24.4 Å². The van der Waals surface area contributed by atoms with Gasteiger partial charge in [0.25, 0.3) is 0 Å². The summed E-state index contributed by atoms with van der Waals surface area (Å²) in [6, 6.07) is 5.59. The number of carbonyl (C=O) groups is 2. The maximum absolute atomic E-state index is 12.0. The number of hydrogen-bond acceptors (Lipinski definition) is 3. The standard InChI is InChI=1S/C13H13N3O3/c1-15-10-3-2-4-11(9(10)6-14-15)16-7-8(13(18)19)5-12(16)17/h2-4,6,8H,5,7H2,1H3,(H,18,19). The van der Waals surface area contributed by atoms with Gasteiger partial charge >= 0.3 is 5.97 Å². The number of carbonyl (C=O) groups excluding carboxylic acids is 1. The maximum atomic E-state index is 12.0. The molecule has 0 bridgehead atoms.